The predicted octanol–water partition coefficient (Wildman–Crippen LogP) is 6.07. The average molecular weight is 262 g/mol. The third-order valence-corrected chi connectivity index (χ3v) is 4.65. The van der Waals surface area contributed by atoms with Crippen LogP contribution in [0.4, 0.5) is 4.39 Å². The van der Waals surface area contributed by atoms with E-state index in [4.69, 9.17) is 0 Å². The quantitative estimate of drug-likeness (QED) is 0.546. The summed E-state index contributed by atoms with van der Waals surface area (Å²) in [5.74, 6) is 1.51. The maximum Gasteiger partial charge on any atom is 0.123 e. The molecule has 0 unspecified atom stereocenters. The van der Waals surface area contributed by atoms with E-state index in [1.807, 2.05) is 12.1 Å². The molecule has 0 N–H and O–H groups in total. The van der Waals surface area contributed by atoms with Gasteiger partial charge in [0.15, 0.2) is 0 Å². The molecule has 1 aliphatic rings. The summed E-state index contributed by atoms with van der Waals surface area (Å²) in [4.78, 5) is 0. The topological polar surface area (TPSA) is 0 Å². The van der Waals surface area contributed by atoms with Crippen LogP contribution in [-0.2, 0) is 0 Å². The summed E-state index contributed by atoms with van der Waals surface area (Å²) >= 11 is 0. The molecule has 0 nitrogen and oxygen atoms in total. The van der Waals surface area contributed by atoms with Crippen LogP contribution >= 0.6 is 0 Å². The molecule has 0 aromatic heterocycles. The van der Waals surface area contributed by atoms with E-state index in [2.05, 4.69) is 6.92 Å². The highest BCUT2D eigenvalue weighted by atomic mass is 19.1. The lowest BCUT2D eigenvalue weighted by molar-refractivity contribution is 0.302. The molecule has 0 radical (unpaired) electrons. The molecule has 19 heavy (non-hydrogen) atoms. The van der Waals surface area contributed by atoms with Crippen LogP contribution in [0.1, 0.15) is 76.2 Å². The Morgan fingerprint density at radius 1 is 0.947 bits per heavy atom. The Labute approximate surface area is 117 Å². The number of halogens is 1. The van der Waals surface area contributed by atoms with E-state index in [1.54, 1.807) is 12.1 Å². The highest BCUT2D eigenvalue weighted by Crippen LogP contribution is 2.37. The van der Waals surface area contributed by atoms with Crippen LogP contribution in [-0.4, -0.2) is 0 Å². The lowest BCUT2D eigenvalue weighted by Gasteiger charge is -2.28. The van der Waals surface area contributed by atoms with Crippen LogP contribution in [0.5, 0.6) is 0 Å². The van der Waals surface area contributed by atoms with Gasteiger partial charge in [-0.3, -0.25) is 0 Å². The van der Waals surface area contributed by atoms with Gasteiger partial charge in [-0.25, -0.2) is 4.39 Å². The van der Waals surface area contributed by atoms with Gasteiger partial charge in [-0.1, -0.05) is 51.2 Å². The van der Waals surface area contributed by atoms with Gasteiger partial charge >= 0.3 is 0 Å². The lowest BCUT2D eigenvalue weighted by atomic mass is 9.77. The van der Waals surface area contributed by atoms with Crippen molar-refractivity contribution < 1.29 is 4.39 Å². The Morgan fingerprint density at radius 2 is 1.63 bits per heavy atom. The van der Waals surface area contributed by atoms with Gasteiger partial charge in [-0.05, 0) is 55.2 Å². The van der Waals surface area contributed by atoms with E-state index in [0.717, 1.165) is 5.92 Å². The van der Waals surface area contributed by atoms with Gasteiger partial charge in [-0.2, -0.15) is 0 Å². The first-order valence-corrected chi connectivity index (χ1v) is 8.05. The standard InChI is InChI=1S/C18H27F/c1-2-3-4-5-6-15-7-9-16(10-8-15)17-11-13-18(19)14-12-17/h11-16H,2-10H2,1H3/t15-,16-. The molecule has 0 heterocycles. The molecule has 0 aliphatic heterocycles. The number of benzene rings is 1. The first-order valence-electron chi connectivity index (χ1n) is 8.05. The third kappa shape index (κ3) is 4.63. The van der Waals surface area contributed by atoms with Crippen molar-refractivity contribution in [3.63, 3.8) is 0 Å². The zero-order chi connectivity index (χ0) is 13.5. The summed E-state index contributed by atoms with van der Waals surface area (Å²) in [6.07, 6.45) is 12.3. The van der Waals surface area contributed by atoms with Gasteiger partial charge in [0.05, 0.1) is 0 Å². The van der Waals surface area contributed by atoms with Crippen molar-refractivity contribution in [2.75, 3.05) is 0 Å². The molecular formula is C18H27F. The average Bonchev–Trinajstić information content (AvgIpc) is 2.45. The molecule has 1 heteroatoms. The second-order valence-electron chi connectivity index (χ2n) is 6.12. The Bertz CT molecular complexity index is 346. The van der Waals surface area contributed by atoms with Gasteiger partial charge in [0.1, 0.15) is 5.82 Å². The minimum Gasteiger partial charge on any atom is -0.207 e. The van der Waals surface area contributed by atoms with Gasteiger partial charge in [0, 0.05) is 0 Å². The smallest absolute Gasteiger partial charge is 0.123 e. The van der Waals surface area contributed by atoms with Gasteiger partial charge < -0.3 is 0 Å². The van der Waals surface area contributed by atoms with Crippen LogP contribution < -0.4 is 0 Å². The van der Waals surface area contributed by atoms with Crippen LogP contribution in [0.15, 0.2) is 24.3 Å². The number of unbranched alkanes of at least 4 members (excludes halogenated alkanes) is 3. The number of hydrogen-bond donors (Lipinski definition) is 0. The Hall–Kier alpha value is -0.850. The molecule has 0 bridgehead atoms. The first-order chi connectivity index (χ1) is 9.29. The predicted molar refractivity (Wildman–Crippen MR) is 79.9 cm³/mol. The molecule has 1 aromatic carbocycles. The van der Waals surface area contributed by atoms with Crippen LogP contribution in [0, 0.1) is 11.7 Å². The van der Waals surface area contributed by atoms with E-state index < -0.39 is 0 Å². The fraction of sp³-hybridized carbons (Fsp3) is 0.667. The molecule has 0 saturated heterocycles. The molecule has 0 atom stereocenters. The van der Waals surface area contributed by atoms with Crippen molar-refractivity contribution >= 4 is 0 Å². The minimum absolute atomic E-state index is 0.117. The van der Waals surface area contributed by atoms with E-state index in [1.165, 1.54) is 63.4 Å². The molecular weight excluding hydrogens is 235 g/mol. The van der Waals surface area contributed by atoms with Gasteiger partial charge in [0.2, 0.25) is 0 Å². The zero-order valence-electron chi connectivity index (χ0n) is 12.2. The van der Waals surface area contributed by atoms with E-state index in [9.17, 15) is 4.39 Å². The normalized spacial score (nSPS) is 23.5. The molecule has 0 amide bonds. The Morgan fingerprint density at radius 3 is 2.26 bits per heavy atom. The maximum atomic E-state index is 12.9. The summed E-state index contributed by atoms with van der Waals surface area (Å²) in [7, 11) is 0. The Balaban J connectivity index is 1.71. The molecule has 2 rings (SSSR count). The Kier molecular flexibility index (Phi) is 5.88. The largest absolute Gasteiger partial charge is 0.207 e. The van der Waals surface area contributed by atoms with E-state index in [0.29, 0.717) is 5.92 Å². The third-order valence-electron chi connectivity index (χ3n) is 4.65. The molecule has 1 saturated carbocycles. The van der Waals surface area contributed by atoms with E-state index in [-0.39, 0.29) is 5.82 Å². The summed E-state index contributed by atoms with van der Waals surface area (Å²) in [5.41, 5.74) is 1.34. The molecule has 1 aromatic rings. The van der Waals surface area contributed by atoms with Crippen LogP contribution in [0.2, 0.25) is 0 Å². The number of hydrogen-bond acceptors (Lipinski definition) is 0. The monoisotopic (exact) mass is 262 g/mol. The molecule has 1 fully saturated rings. The summed E-state index contributed by atoms with van der Waals surface area (Å²) in [5, 5.41) is 0. The van der Waals surface area contributed by atoms with E-state index >= 15 is 0 Å². The molecule has 1 aliphatic carbocycles. The maximum absolute atomic E-state index is 12.9. The van der Waals surface area contributed by atoms with Gasteiger partial charge in [0.25, 0.3) is 0 Å². The van der Waals surface area contributed by atoms with Crippen molar-refractivity contribution in [1.82, 2.24) is 0 Å². The van der Waals surface area contributed by atoms with Gasteiger partial charge in [-0.15, -0.1) is 0 Å². The fourth-order valence-electron chi connectivity index (χ4n) is 3.38. The van der Waals surface area contributed by atoms with Crippen molar-refractivity contribution in [2.45, 2.75) is 70.6 Å². The molecule has 106 valence electrons. The van der Waals surface area contributed by atoms with Crippen molar-refractivity contribution in [2.24, 2.45) is 5.92 Å². The van der Waals surface area contributed by atoms with Crippen LogP contribution in [0.3, 0.4) is 0 Å². The summed E-state index contributed by atoms with van der Waals surface area (Å²) in [6, 6.07) is 7.15. The van der Waals surface area contributed by atoms with Crippen molar-refractivity contribution in [1.29, 1.82) is 0 Å². The second-order valence-corrected chi connectivity index (χ2v) is 6.12. The zero-order valence-corrected chi connectivity index (χ0v) is 12.2. The van der Waals surface area contributed by atoms with Crippen molar-refractivity contribution in [3.8, 4) is 0 Å². The van der Waals surface area contributed by atoms with Crippen molar-refractivity contribution in [3.05, 3.63) is 35.6 Å². The fourth-order valence-corrected chi connectivity index (χ4v) is 3.38. The lowest BCUT2D eigenvalue weighted by Crippen LogP contribution is -2.13. The first kappa shape index (κ1) is 14.6. The summed E-state index contributed by atoms with van der Waals surface area (Å²) < 4.78 is 12.9. The molecule has 0 spiro atoms. The second kappa shape index (κ2) is 7.67. The summed E-state index contributed by atoms with van der Waals surface area (Å²) in [6.45, 7) is 2.27. The van der Waals surface area contributed by atoms with Crippen LogP contribution in [0.25, 0.3) is 0 Å². The minimum atomic E-state index is -0.117. The number of rotatable bonds is 6. The highest BCUT2D eigenvalue weighted by Gasteiger charge is 2.21. The SMILES string of the molecule is CCCCCC[C@H]1CC[C@H](c2ccc(F)cc2)CC1. The highest BCUT2D eigenvalue weighted by molar-refractivity contribution is 5.20.